The van der Waals surface area contributed by atoms with E-state index in [1.807, 2.05) is 18.4 Å². The molecule has 0 aliphatic heterocycles. The van der Waals surface area contributed by atoms with E-state index in [-0.39, 0.29) is 17.2 Å². The molecule has 27 heavy (non-hydrogen) atoms. The predicted molar refractivity (Wildman–Crippen MR) is 107 cm³/mol. The van der Waals surface area contributed by atoms with Crippen molar-refractivity contribution in [3.05, 3.63) is 42.5 Å². The van der Waals surface area contributed by atoms with Crippen LogP contribution in [0.1, 0.15) is 13.8 Å². The molecule has 0 bridgehead atoms. The Morgan fingerprint density at radius 3 is 2.48 bits per heavy atom. The molecule has 0 radical (unpaired) electrons. The Kier molecular flexibility index (Phi) is 7.37. The Hall–Kier alpha value is -2.39. The van der Waals surface area contributed by atoms with Crippen molar-refractivity contribution < 1.29 is 22.7 Å². The molecule has 0 atom stereocenters. The normalized spacial score (nSPS) is 10.9. The van der Waals surface area contributed by atoms with Gasteiger partial charge in [-0.1, -0.05) is 12.1 Å². The van der Waals surface area contributed by atoms with Gasteiger partial charge in [-0.2, -0.15) is 0 Å². The number of anilines is 2. The molecule has 1 amide bonds. The number of nitrogens with one attached hydrogen (secondary N) is 2. The van der Waals surface area contributed by atoms with Gasteiger partial charge in [0.2, 0.25) is 0 Å². The fraction of sp³-hybridized carbons (Fsp3) is 0.278. The average molecular weight is 411 g/mol. The molecule has 2 aromatic carbocycles. The standard InChI is InChI=1S/C18H22N2O5S2/c1-4-24-16-11-10-13(12-15(16)19-18(21)25-5-2)27(22,23)20-14-8-6-7-9-17(14)26-3/h6-12,20H,4-5H2,1-3H3,(H,19,21). The number of hydrogen-bond donors (Lipinski definition) is 2. The quantitative estimate of drug-likeness (QED) is 0.634. The molecule has 2 aromatic rings. The summed E-state index contributed by atoms with van der Waals surface area (Å²) in [6, 6.07) is 11.4. The van der Waals surface area contributed by atoms with Gasteiger partial charge in [0, 0.05) is 4.90 Å². The lowest BCUT2D eigenvalue weighted by atomic mass is 10.3. The Morgan fingerprint density at radius 1 is 1.07 bits per heavy atom. The van der Waals surface area contributed by atoms with Gasteiger partial charge in [0.05, 0.1) is 29.5 Å². The number of thioether (sulfide) groups is 1. The molecule has 2 N–H and O–H groups in total. The first-order valence-corrected chi connectivity index (χ1v) is 11.0. The lowest BCUT2D eigenvalue weighted by Crippen LogP contribution is -2.17. The van der Waals surface area contributed by atoms with E-state index in [0.717, 1.165) is 4.90 Å². The molecule has 0 aliphatic carbocycles. The molecule has 0 spiro atoms. The van der Waals surface area contributed by atoms with Gasteiger partial charge in [0.1, 0.15) is 5.75 Å². The summed E-state index contributed by atoms with van der Waals surface area (Å²) in [6.07, 6.45) is 1.18. The molecule has 0 fully saturated rings. The van der Waals surface area contributed by atoms with Gasteiger partial charge in [0.15, 0.2) is 0 Å². The van der Waals surface area contributed by atoms with Gasteiger partial charge in [-0.25, -0.2) is 13.2 Å². The van der Waals surface area contributed by atoms with Crippen molar-refractivity contribution in [2.45, 2.75) is 23.6 Å². The van der Waals surface area contributed by atoms with Gasteiger partial charge >= 0.3 is 6.09 Å². The number of hydrogen-bond acceptors (Lipinski definition) is 6. The third-order valence-electron chi connectivity index (χ3n) is 3.42. The number of rotatable bonds is 8. The summed E-state index contributed by atoms with van der Waals surface area (Å²) in [5.41, 5.74) is 0.704. The number of carbonyl (C=O) groups is 1. The van der Waals surface area contributed by atoms with E-state index in [0.29, 0.717) is 18.0 Å². The molecule has 0 aliphatic rings. The molecule has 0 saturated carbocycles. The second kappa shape index (κ2) is 9.52. The lowest BCUT2D eigenvalue weighted by Gasteiger charge is -2.15. The minimum Gasteiger partial charge on any atom is -0.492 e. The topological polar surface area (TPSA) is 93.7 Å². The maximum absolute atomic E-state index is 12.8. The van der Waals surface area contributed by atoms with E-state index in [9.17, 15) is 13.2 Å². The number of benzene rings is 2. The van der Waals surface area contributed by atoms with Crippen LogP contribution in [0.5, 0.6) is 5.75 Å². The van der Waals surface area contributed by atoms with Gasteiger partial charge in [-0.3, -0.25) is 10.0 Å². The fourth-order valence-electron chi connectivity index (χ4n) is 2.27. The summed E-state index contributed by atoms with van der Waals surface area (Å²) < 4.78 is 38.5. The molecule has 146 valence electrons. The second-order valence-corrected chi connectivity index (χ2v) is 7.77. The van der Waals surface area contributed by atoms with Crippen LogP contribution < -0.4 is 14.8 Å². The van der Waals surface area contributed by atoms with E-state index in [2.05, 4.69) is 10.0 Å². The van der Waals surface area contributed by atoms with E-state index in [4.69, 9.17) is 9.47 Å². The molecule has 0 heterocycles. The molecule has 0 unspecified atom stereocenters. The highest BCUT2D eigenvalue weighted by atomic mass is 32.2. The molecule has 2 rings (SSSR count). The first kappa shape index (κ1) is 20.9. The summed E-state index contributed by atoms with van der Waals surface area (Å²) in [4.78, 5) is 12.5. The van der Waals surface area contributed by atoms with Crippen molar-refractivity contribution in [2.24, 2.45) is 0 Å². The Balaban J connectivity index is 2.36. The molecule has 9 heteroatoms. The van der Waals surface area contributed by atoms with E-state index < -0.39 is 16.1 Å². The third-order valence-corrected chi connectivity index (χ3v) is 5.58. The van der Waals surface area contributed by atoms with Crippen LogP contribution in [0.2, 0.25) is 0 Å². The monoisotopic (exact) mass is 410 g/mol. The maximum Gasteiger partial charge on any atom is 0.411 e. The number of carbonyl (C=O) groups excluding carboxylic acids is 1. The Morgan fingerprint density at radius 2 is 1.81 bits per heavy atom. The van der Waals surface area contributed by atoms with Crippen LogP contribution in [-0.2, 0) is 14.8 Å². The van der Waals surface area contributed by atoms with Gasteiger partial charge in [-0.05, 0) is 50.4 Å². The predicted octanol–water partition coefficient (Wildman–Crippen LogP) is 4.18. The van der Waals surface area contributed by atoms with E-state index in [1.165, 1.54) is 30.0 Å². The maximum atomic E-state index is 12.8. The van der Waals surface area contributed by atoms with Gasteiger partial charge in [-0.15, -0.1) is 11.8 Å². The van der Waals surface area contributed by atoms with Crippen LogP contribution in [0.3, 0.4) is 0 Å². The summed E-state index contributed by atoms with van der Waals surface area (Å²) in [5, 5.41) is 2.51. The minimum atomic E-state index is -3.86. The zero-order valence-corrected chi connectivity index (χ0v) is 16.9. The van der Waals surface area contributed by atoms with Crippen molar-refractivity contribution in [1.29, 1.82) is 0 Å². The van der Waals surface area contributed by atoms with Crippen LogP contribution in [0, 0.1) is 0 Å². The van der Waals surface area contributed by atoms with E-state index >= 15 is 0 Å². The van der Waals surface area contributed by atoms with Crippen molar-refractivity contribution in [3.8, 4) is 5.75 Å². The van der Waals surface area contributed by atoms with Crippen LogP contribution in [-0.4, -0.2) is 34.0 Å². The number of para-hydroxylation sites is 1. The van der Waals surface area contributed by atoms with Crippen LogP contribution >= 0.6 is 11.8 Å². The lowest BCUT2D eigenvalue weighted by molar-refractivity contribution is 0.167. The summed E-state index contributed by atoms with van der Waals surface area (Å²) >= 11 is 1.44. The van der Waals surface area contributed by atoms with Crippen LogP contribution in [0.25, 0.3) is 0 Å². The van der Waals surface area contributed by atoms with Crippen LogP contribution in [0.15, 0.2) is 52.3 Å². The second-order valence-electron chi connectivity index (χ2n) is 5.24. The molecule has 0 saturated heterocycles. The molecule has 0 aromatic heterocycles. The first-order chi connectivity index (χ1) is 12.9. The first-order valence-electron chi connectivity index (χ1n) is 8.27. The highest BCUT2D eigenvalue weighted by molar-refractivity contribution is 7.99. The number of sulfonamides is 1. The Bertz CT molecular complexity index is 900. The van der Waals surface area contributed by atoms with Crippen molar-refractivity contribution in [3.63, 3.8) is 0 Å². The zero-order chi connectivity index (χ0) is 19.9. The Labute approximate surface area is 163 Å². The minimum absolute atomic E-state index is 0.00587. The summed E-state index contributed by atoms with van der Waals surface area (Å²) in [6.45, 7) is 4.03. The van der Waals surface area contributed by atoms with Gasteiger partial charge in [0.25, 0.3) is 10.0 Å². The fourth-order valence-corrected chi connectivity index (χ4v) is 3.99. The smallest absolute Gasteiger partial charge is 0.411 e. The number of amides is 1. The largest absolute Gasteiger partial charge is 0.492 e. The zero-order valence-electron chi connectivity index (χ0n) is 15.3. The van der Waals surface area contributed by atoms with E-state index in [1.54, 1.807) is 26.0 Å². The highest BCUT2D eigenvalue weighted by Crippen LogP contribution is 2.31. The third kappa shape index (κ3) is 5.54. The molecular formula is C18H22N2O5S2. The van der Waals surface area contributed by atoms with Gasteiger partial charge < -0.3 is 9.47 Å². The molecule has 7 nitrogen and oxygen atoms in total. The average Bonchev–Trinajstić information content (AvgIpc) is 2.63. The SMILES string of the molecule is CCOC(=O)Nc1cc(S(=O)(=O)Nc2ccccc2SC)ccc1OCC. The van der Waals surface area contributed by atoms with Crippen LogP contribution in [0.4, 0.5) is 16.2 Å². The summed E-state index contributed by atoms with van der Waals surface area (Å²) in [7, 11) is -3.86. The highest BCUT2D eigenvalue weighted by Gasteiger charge is 2.19. The molecular weight excluding hydrogens is 388 g/mol. The van der Waals surface area contributed by atoms with Crippen molar-refractivity contribution >= 4 is 39.3 Å². The summed E-state index contributed by atoms with van der Waals surface area (Å²) in [5.74, 6) is 0.356. The van der Waals surface area contributed by atoms with Crippen molar-refractivity contribution in [2.75, 3.05) is 29.5 Å². The van der Waals surface area contributed by atoms with Crippen molar-refractivity contribution in [1.82, 2.24) is 0 Å². The number of ether oxygens (including phenoxy) is 2.